The van der Waals surface area contributed by atoms with Crippen molar-refractivity contribution in [1.29, 1.82) is 5.41 Å². The first kappa shape index (κ1) is 25.8. The Balaban J connectivity index is 1.72. The van der Waals surface area contributed by atoms with E-state index in [1.807, 2.05) is 6.92 Å². The van der Waals surface area contributed by atoms with Crippen molar-refractivity contribution in [3.63, 3.8) is 0 Å². The Bertz CT molecular complexity index is 1180. The second kappa shape index (κ2) is 9.84. The lowest BCUT2D eigenvalue weighted by Crippen LogP contribution is -2.50. The Hall–Kier alpha value is -3.77. The quantitative estimate of drug-likeness (QED) is 0.442. The SMILES string of the molecule is COC(=N)c1cc(N2CCC(N(C)C(=O)Nc3cc(C(F)(F)F)cn(C)c3=O)CC2C)cnc1N. The summed E-state index contributed by atoms with van der Waals surface area (Å²) in [6, 6.07) is 1.46. The average molecular weight is 496 g/mol. The zero-order valence-electron chi connectivity index (χ0n) is 19.8. The first-order valence-corrected chi connectivity index (χ1v) is 10.8. The second-order valence-electron chi connectivity index (χ2n) is 8.48. The second-order valence-corrected chi connectivity index (χ2v) is 8.48. The molecule has 2 aromatic heterocycles. The fourth-order valence-corrected chi connectivity index (χ4v) is 4.12. The molecule has 35 heavy (non-hydrogen) atoms. The zero-order chi connectivity index (χ0) is 26.1. The topological polar surface area (TPSA) is 130 Å². The zero-order valence-corrected chi connectivity index (χ0v) is 19.8. The number of anilines is 3. The predicted molar refractivity (Wildman–Crippen MR) is 126 cm³/mol. The largest absolute Gasteiger partial charge is 0.481 e. The van der Waals surface area contributed by atoms with E-state index in [9.17, 15) is 22.8 Å². The summed E-state index contributed by atoms with van der Waals surface area (Å²) in [5.74, 6) is 0.0804. The summed E-state index contributed by atoms with van der Waals surface area (Å²) in [4.78, 5) is 32.7. The molecule has 3 rings (SSSR count). The first-order chi connectivity index (χ1) is 16.3. The molecule has 0 saturated carbocycles. The number of halogens is 3. The number of aryl methyl sites for hydroxylation is 1. The van der Waals surface area contributed by atoms with Gasteiger partial charge in [-0.15, -0.1) is 0 Å². The van der Waals surface area contributed by atoms with Gasteiger partial charge in [-0.25, -0.2) is 9.78 Å². The van der Waals surface area contributed by atoms with E-state index < -0.39 is 29.0 Å². The molecule has 190 valence electrons. The van der Waals surface area contributed by atoms with Gasteiger partial charge in [0.15, 0.2) is 0 Å². The van der Waals surface area contributed by atoms with Gasteiger partial charge in [0.2, 0.25) is 5.90 Å². The molecular weight excluding hydrogens is 467 g/mol. The Kier molecular flexibility index (Phi) is 7.27. The van der Waals surface area contributed by atoms with Gasteiger partial charge in [-0.1, -0.05) is 0 Å². The van der Waals surface area contributed by atoms with Crippen LogP contribution in [-0.4, -0.2) is 59.2 Å². The Morgan fingerprint density at radius 1 is 1.37 bits per heavy atom. The predicted octanol–water partition coefficient (Wildman–Crippen LogP) is 2.87. The number of amides is 2. The Labute approximate surface area is 200 Å². The van der Waals surface area contributed by atoms with Crippen molar-refractivity contribution in [2.45, 2.75) is 38.0 Å². The van der Waals surface area contributed by atoms with Gasteiger partial charge < -0.3 is 30.2 Å². The maximum absolute atomic E-state index is 13.1. The monoisotopic (exact) mass is 495 g/mol. The number of piperidine rings is 1. The number of nitrogen functional groups attached to an aromatic ring is 1. The molecule has 2 unspecified atom stereocenters. The van der Waals surface area contributed by atoms with E-state index in [1.54, 1.807) is 19.3 Å². The van der Waals surface area contributed by atoms with Crippen molar-refractivity contribution >= 4 is 29.1 Å². The molecule has 1 fully saturated rings. The summed E-state index contributed by atoms with van der Waals surface area (Å²) in [6.45, 7) is 2.53. The number of carbonyl (C=O) groups is 1. The van der Waals surface area contributed by atoms with Crippen LogP contribution < -0.4 is 21.5 Å². The van der Waals surface area contributed by atoms with Crippen molar-refractivity contribution in [3.05, 3.63) is 46.0 Å². The van der Waals surface area contributed by atoms with Crippen LogP contribution in [0.25, 0.3) is 0 Å². The van der Waals surface area contributed by atoms with E-state index in [4.69, 9.17) is 15.9 Å². The summed E-state index contributed by atoms with van der Waals surface area (Å²) in [7, 11) is 4.11. The third kappa shape index (κ3) is 5.49. The molecule has 2 atom stereocenters. The normalized spacial score (nSPS) is 18.2. The molecule has 10 nitrogen and oxygen atoms in total. The molecule has 1 aliphatic heterocycles. The minimum absolute atomic E-state index is 0.0274. The smallest absolute Gasteiger partial charge is 0.417 e. The van der Waals surface area contributed by atoms with Crippen molar-refractivity contribution in [1.82, 2.24) is 14.5 Å². The van der Waals surface area contributed by atoms with E-state index in [0.717, 1.165) is 10.3 Å². The molecule has 2 aromatic rings. The van der Waals surface area contributed by atoms with Crippen LogP contribution in [0.1, 0.15) is 30.9 Å². The molecule has 4 N–H and O–H groups in total. The third-order valence-electron chi connectivity index (χ3n) is 6.15. The Morgan fingerprint density at radius 3 is 2.66 bits per heavy atom. The van der Waals surface area contributed by atoms with Gasteiger partial charge >= 0.3 is 12.2 Å². The van der Waals surface area contributed by atoms with Crippen LogP contribution in [0.4, 0.5) is 35.2 Å². The van der Waals surface area contributed by atoms with E-state index >= 15 is 0 Å². The highest BCUT2D eigenvalue weighted by Crippen LogP contribution is 2.30. The highest BCUT2D eigenvalue weighted by atomic mass is 19.4. The van der Waals surface area contributed by atoms with Gasteiger partial charge in [0.05, 0.1) is 30.1 Å². The minimum atomic E-state index is -4.66. The first-order valence-electron chi connectivity index (χ1n) is 10.8. The molecule has 1 aliphatic rings. The van der Waals surface area contributed by atoms with Gasteiger partial charge in [-0.3, -0.25) is 10.2 Å². The molecule has 0 aromatic carbocycles. The summed E-state index contributed by atoms with van der Waals surface area (Å²) in [5.41, 5.74) is 4.77. The lowest BCUT2D eigenvalue weighted by molar-refractivity contribution is -0.138. The van der Waals surface area contributed by atoms with Crippen molar-refractivity contribution < 1.29 is 22.7 Å². The number of pyridine rings is 2. The van der Waals surface area contributed by atoms with Crippen LogP contribution in [0, 0.1) is 5.41 Å². The number of hydrogen-bond donors (Lipinski definition) is 3. The van der Waals surface area contributed by atoms with E-state index in [-0.39, 0.29) is 23.8 Å². The fourth-order valence-electron chi connectivity index (χ4n) is 4.12. The molecule has 1 saturated heterocycles. The van der Waals surface area contributed by atoms with E-state index in [1.165, 1.54) is 19.1 Å². The maximum atomic E-state index is 13.1. The average Bonchev–Trinajstić information content (AvgIpc) is 2.80. The standard InChI is InChI=1S/C22H28F3N7O3/c1-12-7-14(5-6-32(12)15-9-16(19(27)35-4)18(26)28-10-15)31(3)21(34)29-17-8-13(22(23,24)25)11-30(2)20(17)33/h8-12,14,27H,5-7H2,1-4H3,(H2,26,28)(H,29,34). The van der Waals surface area contributed by atoms with Crippen LogP contribution in [0.3, 0.4) is 0 Å². The van der Waals surface area contributed by atoms with Crippen LogP contribution >= 0.6 is 0 Å². The minimum Gasteiger partial charge on any atom is -0.481 e. The fraction of sp³-hybridized carbons (Fsp3) is 0.455. The van der Waals surface area contributed by atoms with Gasteiger partial charge in [-0.2, -0.15) is 13.2 Å². The molecule has 0 radical (unpaired) electrons. The van der Waals surface area contributed by atoms with E-state index in [0.29, 0.717) is 37.2 Å². The molecular formula is C22H28F3N7O3. The van der Waals surface area contributed by atoms with Crippen LogP contribution in [-0.2, 0) is 18.0 Å². The highest BCUT2D eigenvalue weighted by molar-refractivity contribution is 5.97. The molecule has 3 heterocycles. The molecule has 0 spiro atoms. The number of nitrogens with two attached hydrogens (primary N) is 1. The number of rotatable bonds is 4. The number of methoxy groups -OCH3 is 1. The lowest BCUT2D eigenvalue weighted by atomic mass is 9.96. The van der Waals surface area contributed by atoms with Crippen molar-refractivity contribution in [2.75, 3.05) is 36.7 Å². The number of urea groups is 1. The highest BCUT2D eigenvalue weighted by Gasteiger charge is 2.33. The summed E-state index contributed by atoms with van der Waals surface area (Å²) in [6.07, 6.45) is -1.23. The number of ether oxygens (including phenoxy) is 1. The van der Waals surface area contributed by atoms with Crippen LogP contribution in [0.2, 0.25) is 0 Å². The molecule has 2 amide bonds. The van der Waals surface area contributed by atoms with Crippen LogP contribution in [0.5, 0.6) is 0 Å². The lowest BCUT2D eigenvalue weighted by Gasteiger charge is -2.42. The number of aromatic nitrogens is 2. The molecule has 0 bridgehead atoms. The summed E-state index contributed by atoms with van der Waals surface area (Å²) in [5, 5.41) is 10.2. The number of hydrogen-bond acceptors (Lipinski definition) is 7. The van der Waals surface area contributed by atoms with E-state index in [2.05, 4.69) is 15.2 Å². The van der Waals surface area contributed by atoms with Gasteiger partial charge in [0.1, 0.15) is 11.5 Å². The summed E-state index contributed by atoms with van der Waals surface area (Å²) < 4.78 is 45.1. The van der Waals surface area contributed by atoms with Crippen molar-refractivity contribution in [3.8, 4) is 0 Å². The number of nitrogens with one attached hydrogen (secondary N) is 2. The van der Waals surface area contributed by atoms with Crippen LogP contribution in [0.15, 0.2) is 29.3 Å². The van der Waals surface area contributed by atoms with Gasteiger partial charge in [0, 0.05) is 38.9 Å². The van der Waals surface area contributed by atoms with Crippen molar-refractivity contribution in [2.24, 2.45) is 7.05 Å². The maximum Gasteiger partial charge on any atom is 0.417 e. The number of alkyl halides is 3. The third-order valence-corrected chi connectivity index (χ3v) is 6.15. The number of carbonyl (C=O) groups excluding carboxylic acids is 1. The molecule has 13 heteroatoms. The van der Waals surface area contributed by atoms with Gasteiger partial charge in [0.25, 0.3) is 5.56 Å². The van der Waals surface area contributed by atoms with Gasteiger partial charge in [-0.05, 0) is 31.9 Å². The number of nitrogens with zero attached hydrogens (tertiary/aromatic N) is 4. The molecule has 0 aliphatic carbocycles. The summed E-state index contributed by atoms with van der Waals surface area (Å²) >= 11 is 0. The Morgan fingerprint density at radius 2 is 2.06 bits per heavy atom.